The number of carbonyl (C=O) groups is 1. The van der Waals surface area contributed by atoms with Crippen LogP contribution >= 0.6 is 0 Å². The largest absolute Gasteiger partial charge is 0.495 e. The molecule has 1 atom stereocenters. The van der Waals surface area contributed by atoms with E-state index in [9.17, 15) is 4.79 Å². The number of rotatable bonds is 6. The van der Waals surface area contributed by atoms with Gasteiger partial charge >= 0.3 is 0 Å². The van der Waals surface area contributed by atoms with E-state index in [1.54, 1.807) is 31.5 Å². The molecule has 1 amide bonds. The molecule has 1 aromatic heterocycles. The fraction of sp³-hybridized carbons (Fsp3) is 0.318. The molecule has 0 spiro atoms. The van der Waals surface area contributed by atoms with E-state index in [0.717, 1.165) is 22.9 Å². The lowest BCUT2D eigenvalue weighted by atomic mass is 10.1. The molecule has 1 aliphatic rings. The summed E-state index contributed by atoms with van der Waals surface area (Å²) in [5, 5.41) is 10.3. The Kier molecular flexibility index (Phi) is 6.06. The van der Waals surface area contributed by atoms with Gasteiger partial charge in [-0.3, -0.25) is 10.1 Å². The summed E-state index contributed by atoms with van der Waals surface area (Å²) < 4.78 is 10.9. The number of ether oxygens (including phenoxy) is 2. The monoisotopic (exact) mass is 407 g/mol. The molecular weight excluding hydrogens is 382 g/mol. The number of aryl methyl sites for hydroxylation is 1. The van der Waals surface area contributed by atoms with E-state index in [0.29, 0.717) is 42.7 Å². The fourth-order valence-corrected chi connectivity index (χ4v) is 3.42. The second-order valence-corrected chi connectivity index (χ2v) is 7.00. The lowest BCUT2D eigenvalue weighted by molar-refractivity contribution is 0.0585. The third kappa shape index (κ3) is 4.34. The zero-order valence-electron chi connectivity index (χ0n) is 17.1. The Bertz CT molecular complexity index is 1050. The molecule has 1 saturated heterocycles. The fourth-order valence-electron chi connectivity index (χ4n) is 3.42. The average Bonchev–Trinajstić information content (AvgIpc) is 2.79. The van der Waals surface area contributed by atoms with Crippen LogP contribution in [0.4, 0.5) is 11.6 Å². The van der Waals surface area contributed by atoms with E-state index in [2.05, 4.69) is 38.9 Å². The summed E-state index contributed by atoms with van der Waals surface area (Å²) in [5.41, 5.74) is 3.27. The minimum absolute atomic E-state index is 0.197. The van der Waals surface area contributed by atoms with E-state index >= 15 is 0 Å². The van der Waals surface area contributed by atoms with Crippen molar-refractivity contribution in [3.8, 4) is 5.75 Å². The molecule has 4 rings (SSSR count). The zero-order chi connectivity index (χ0) is 20.9. The van der Waals surface area contributed by atoms with E-state index < -0.39 is 0 Å². The summed E-state index contributed by atoms with van der Waals surface area (Å²) in [4.78, 5) is 21.6. The van der Waals surface area contributed by atoms with Crippen LogP contribution in [0.15, 0.2) is 42.6 Å². The second kappa shape index (κ2) is 9.06. The third-order valence-electron chi connectivity index (χ3n) is 5.01. The number of nitrogens with zero attached hydrogens (tertiary/aromatic N) is 2. The highest BCUT2D eigenvalue weighted by molar-refractivity contribution is 5.95. The summed E-state index contributed by atoms with van der Waals surface area (Å²) in [6.45, 7) is 3.91. The number of methoxy groups -OCH3 is 1. The standard InChI is InChI=1S/C22H25N5O3/c1-3-14-5-4-6-16-12-24-22(27-20(14)16)25-17-8-7-15(11-18(17)29-2)21(28)26-19-13-30-10-9-23-19/h4-8,11-12,19,23H,3,9-10,13H2,1-2H3,(H,26,28)(H,24,25,27). The highest BCUT2D eigenvalue weighted by atomic mass is 16.5. The number of amides is 1. The summed E-state index contributed by atoms with van der Waals surface area (Å²) in [6, 6.07) is 11.3. The van der Waals surface area contributed by atoms with Crippen LogP contribution in [0.3, 0.4) is 0 Å². The molecule has 2 heterocycles. The van der Waals surface area contributed by atoms with Crippen LogP contribution in [-0.2, 0) is 11.2 Å². The van der Waals surface area contributed by atoms with Crippen LogP contribution < -0.4 is 20.7 Å². The highest BCUT2D eigenvalue weighted by Crippen LogP contribution is 2.28. The van der Waals surface area contributed by atoms with Crippen LogP contribution in [0.2, 0.25) is 0 Å². The average molecular weight is 407 g/mol. The van der Waals surface area contributed by atoms with Crippen molar-refractivity contribution in [1.82, 2.24) is 20.6 Å². The van der Waals surface area contributed by atoms with Crippen LogP contribution in [-0.4, -0.2) is 48.9 Å². The van der Waals surface area contributed by atoms with Gasteiger partial charge in [0.05, 0.1) is 31.5 Å². The van der Waals surface area contributed by atoms with E-state index in [1.165, 1.54) is 0 Å². The van der Waals surface area contributed by atoms with Gasteiger partial charge in [0.2, 0.25) is 5.95 Å². The van der Waals surface area contributed by atoms with Crippen LogP contribution in [0.1, 0.15) is 22.8 Å². The van der Waals surface area contributed by atoms with Gasteiger partial charge in [0.15, 0.2) is 0 Å². The van der Waals surface area contributed by atoms with Gasteiger partial charge in [0, 0.05) is 23.7 Å². The second-order valence-electron chi connectivity index (χ2n) is 7.00. The number of hydrogen-bond donors (Lipinski definition) is 3. The minimum Gasteiger partial charge on any atom is -0.495 e. The van der Waals surface area contributed by atoms with Crippen molar-refractivity contribution < 1.29 is 14.3 Å². The molecule has 0 bridgehead atoms. The molecule has 3 aromatic rings. The Morgan fingerprint density at radius 3 is 3.00 bits per heavy atom. The summed E-state index contributed by atoms with van der Waals surface area (Å²) in [5.74, 6) is 0.808. The maximum atomic E-state index is 12.6. The Morgan fingerprint density at radius 2 is 2.23 bits per heavy atom. The number of hydrogen-bond acceptors (Lipinski definition) is 7. The summed E-state index contributed by atoms with van der Waals surface area (Å²) >= 11 is 0. The SMILES string of the molecule is CCc1cccc2cnc(Nc3ccc(C(=O)NC4COCCN4)cc3OC)nc12. The van der Waals surface area contributed by atoms with Gasteiger partial charge in [-0.2, -0.15) is 0 Å². The zero-order valence-corrected chi connectivity index (χ0v) is 17.1. The quantitative estimate of drug-likeness (QED) is 0.578. The van der Waals surface area contributed by atoms with E-state index in [-0.39, 0.29) is 12.1 Å². The molecule has 156 valence electrons. The predicted molar refractivity (Wildman–Crippen MR) is 115 cm³/mol. The Labute approximate surface area is 175 Å². The van der Waals surface area contributed by atoms with Crippen LogP contribution in [0.5, 0.6) is 5.75 Å². The van der Waals surface area contributed by atoms with Crippen molar-refractivity contribution in [2.75, 3.05) is 32.2 Å². The summed E-state index contributed by atoms with van der Waals surface area (Å²) in [7, 11) is 1.56. The molecule has 8 nitrogen and oxygen atoms in total. The van der Waals surface area contributed by atoms with Crippen molar-refractivity contribution in [3.05, 3.63) is 53.7 Å². The molecular formula is C22H25N5O3. The first-order chi connectivity index (χ1) is 14.7. The Morgan fingerprint density at radius 1 is 1.33 bits per heavy atom. The molecule has 0 saturated carbocycles. The third-order valence-corrected chi connectivity index (χ3v) is 5.01. The number of aromatic nitrogens is 2. The molecule has 0 radical (unpaired) electrons. The molecule has 30 heavy (non-hydrogen) atoms. The molecule has 3 N–H and O–H groups in total. The number of benzene rings is 2. The van der Waals surface area contributed by atoms with Gasteiger partial charge in [-0.25, -0.2) is 9.97 Å². The normalized spacial score (nSPS) is 16.3. The maximum Gasteiger partial charge on any atom is 0.252 e. The number of anilines is 2. The van der Waals surface area contributed by atoms with Crippen molar-refractivity contribution >= 4 is 28.4 Å². The first-order valence-corrected chi connectivity index (χ1v) is 9.99. The van der Waals surface area contributed by atoms with Crippen LogP contribution in [0.25, 0.3) is 10.9 Å². The smallest absolute Gasteiger partial charge is 0.252 e. The molecule has 0 aliphatic carbocycles. The maximum absolute atomic E-state index is 12.6. The molecule has 8 heteroatoms. The topological polar surface area (TPSA) is 97.4 Å². The number of morpholine rings is 1. The molecule has 1 unspecified atom stereocenters. The predicted octanol–water partition coefficient (Wildman–Crippen LogP) is 2.62. The van der Waals surface area contributed by atoms with Gasteiger partial charge < -0.3 is 20.1 Å². The van der Waals surface area contributed by atoms with Gasteiger partial charge in [0.25, 0.3) is 5.91 Å². The highest BCUT2D eigenvalue weighted by Gasteiger charge is 2.18. The lowest BCUT2D eigenvalue weighted by Crippen LogP contribution is -2.52. The first kappa shape index (κ1) is 20.1. The van der Waals surface area contributed by atoms with Crippen molar-refractivity contribution in [2.45, 2.75) is 19.5 Å². The molecule has 1 aliphatic heterocycles. The number of para-hydroxylation sites is 1. The van der Waals surface area contributed by atoms with Gasteiger partial charge in [-0.15, -0.1) is 0 Å². The van der Waals surface area contributed by atoms with E-state index in [1.807, 2.05) is 12.1 Å². The first-order valence-electron chi connectivity index (χ1n) is 9.99. The number of nitrogens with one attached hydrogen (secondary N) is 3. The molecule has 1 fully saturated rings. The van der Waals surface area contributed by atoms with Gasteiger partial charge in [-0.05, 0) is 30.2 Å². The van der Waals surface area contributed by atoms with Crippen LogP contribution in [0, 0.1) is 0 Å². The minimum atomic E-state index is -0.200. The molecule has 2 aromatic carbocycles. The van der Waals surface area contributed by atoms with Crippen molar-refractivity contribution in [2.24, 2.45) is 0 Å². The summed E-state index contributed by atoms with van der Waals surface area (Å²) in [6.07, 6.45) is 2.49. The van der Waals surface area contributed by atoms with Crippen molar-refractivity contribution in [3.63, 3.8) is 0 Å². The van der Waals surface area contributed by atoms with Crippen molar-refractivity contribution in [1.29, 1.82) is 0 Å². The van der Waals surface area contributed by atoms with Gasteiger partial charge in [-0.1, -0.05) is 25.1 Å². The number of fused-ring (bicyclic) bond motifs is 1. The van der Waals surface area contributed by atoms with Gasteiger partial charge in [0.1, 0.15) is 11.9 Å². The Balaban J connectivity index is 1.54. The van der Waals surface area contributed by atoms with E-state index in [4.69, 9.17) is 9.47 Å². The number of carbonyl (C=O) groups excluding carboxylic acids is 1. The lowest BCUT2D eigenvalue weighted by Gasteiger charge is -2.24. The Hall–Kier alpha value is -3.23.